The lowest BCUT2D eigenvalue weighted by Crippen LogP contribution is -2.25. The van der Waals surface area contributed by atoms with Crippen LogP contribution >= 0.6 is 0 Å². The lowest BCUT2D eigenvalue weighted by molar-refractivity contribution is 0.102. The number of benzene rings is 3. The maximum absolute atomic E-state index is 15.2. The second kappa shape index (κ2) is 10.2. The van der Waals surface area contributed by atoms with Crippen LogP contribution in [0.4, 0.5) is 14.5 Å². The Morgan fingerprint density at radius 2 is 1.73 bits per heavy atom. The molecular formula is C31H23F2N5O3. The summed E-state index contributed by atoms with van der Waals surface area (Å²) in [5.41, 5.74) is 2.50. The monoisotopic (exact) mass is 551 g/mol. The Balaban J connectivity index is 1.28. The molecule has 0 atom stereocenters. The number of para-hydroxylation sites is 1. The molecule has 0 radical (unpaired) electrons. The highest BCUT2D eigenvalue weighted by molar-refractivity contribution is 6.05. The first-order valence-electron chi connectivity index (χ1n) is 12.7. The van der Waals surface area contributed by atoms with Crippen LogP contribution in [0.2, 0.25) is 0 Å². The van der Waals surface area contributed by atoms with Crippen molar-refractivity contribution >= 4 is 17.1 Å². The fraction of sp³-hybridized carbons (Fsp3) is 0.0645. The third kappa shape index (κ3) is 4.65. The minimum Gasteiger partial charge on any atom is -0.452 e. The number of amides is 1. The molecule has 8 nitrogen and oxygen atoms in total. The van der Waals surface area contributed by atoms with Crippen LogP contribution in [0.25, 0.3) is 22.3 Å². The molecule has 0 aliphatic carbocycles. The molecule has 1 amide bonds. The summed E-state index contributed by atoms with van der Waals surface area (Å²) in [6.07, 6.45) is 3.21. The molecule has 0 aliphatic heterocycles. The molecule has 3 aromatic heterocycles. The summed E-state index contributed by atoms with van der Waals surface area (Å²) in [5, 5.41) is 6.88. The predicted molar refractivity (Wildman–Crippen MR) is 151 cm³/mol. The van der Waals surface area contributed by atoms with Gasteiger partial charge in [0.1, 0.15) is 16.9 Å². The van der Waals surface area contributed by atoms with Gasteiger partial charge in [-0.1, -0.05) is 30.3 Å². The summed E-state index contributed by atoms with van der Waals surface area (Å²) >= 11 is 0. The fourth-order valence-electron chi connectivity index (χ4n) is 4.79. The standard InChI is InChI=1S/C31H23F2N5O3/c1-19-28(31(40)38(36(19)2)23-9-4-3-5-10-23)30(39)35-22-11-12-26(25(33)18-22)41-27-13-15-34-37-16-14-24(29(27)37)20-7-6-8-21(32)17-20/h3-18H,1-2H3,(H,35,39). The number of hydrogen-bond acceptors (Lipinski definition) is 4. The summed E-state index contributed by atoms with van der Waals surface area (Å²) in [6, 6.07) is 22.4. The number of fused-ring (bicyclic) bond motifs is 1. The van der Waals surface area contributed by atoms with E-state index in [-0.39, 0.29) is 22.8 Å². The largest absolute Gasteiger partial charge is 0.452 e. The van der Waals surface area contributed by atoms with E-state index >= 15 is 4.39 Å². The molecule has 10 heteroatoms. The van der Waals surface area contributed by atoms with Gasteiger partial charge in [0, 0.05) is 36.6 Å². The van der Waals surface area contributed by atoms with E-state index in [0.717, 1.165) is 6.07 Å². The summed E-state index contributed by atoms with van der Waals surface area (Å²) in [6.45, 7) is 1.67. The van der Waals surface area contributed by atoms with Crippen molar-refractivity contribution in [2.45, 2.75) is 6.92 Å². The van der Waals surface area contributed by atoms with Crippen LogP contribution in [0.3, 0.4) is 0 Å². The number of halogens is 2. The molecule has 1 N–H and O–H groups in total. The van der Waals surface area contributed by atoms with E-state index < -0.39 is 17.3 Å². The molecule has 41 heavy (non-hydrogen) atoms. The molecular weight excluding hydrogens is 528 g/mol. The number of ether oxygens (including phenoxy) is 1. The van der Waals surface area contributed by atoms with Crippen molar-refractivity contribution in [3.8, 4) is 28.3 Å². The van der Waals surface area contributed by atoms with Gasteiger partial charge < -0.3 is 10.1 Å². The molecule has 0 bridgehead atoms. The van der Waals surface area contributed by atoms with Gasteiger partial charge in [-0.05, 0) is 55.0 Å². The van der Waals surface area contributed by atoms with Crippen molar-refractivity contribution in [3.05, 3.63) is 131 Å². The maximum Gasteiger partial charge on any atom is 0.284 e. The average Bonchev–Trinajstić information content (AvgIpc) is 3.49. The minimum atomic E-state index is -0.733. The van der Waals surface area contributed by atoms with E-state index in [9.17, 15) is 14.0 Å². The Morgan fingerprint density at radius 3 is 2.49 bits per heavy atom. The summed E-state index contributed by atoms with van der Waals surface area (Å²) in [4.78, 5) is 26.3. The zero-order valence-corrected chi connectivity index (χ0v) is 22.0. The molecule has 204 valence electrons. The van der Waals surface area contributed by atoms with E-state index in [1.165, 1.54) is 35.1 Å². The van der Waals surface area contributed by atoms with Gasteiger partial charge in [0.2, 0.25) is 0 Å². The third-order valence-electron chi connectivity index (χ3n) is 6.84. The minimum absolute atomic E-state index is 0.0469. The first kappa shape index (κ1) is 25.8. The molecule has 0 spiro atoms. The number of carbonyl (C=O) groups is 1. The topological polar surface area (TPSA) is 82.6 Å². The summed E-state index contributed by atoms with van der Waals surface area (Å²) < 4.78 is 39.6. The molecule has 6 rings (SSSR count). The average molecular weight is 552 g/mol. The van der Waals surface area contributed by atoms with Gasteiger partial charge in [0.25, 0.3) is 11.5 Å². The first-order chi connectivity index (χ1) is 19.8. The van der Waals surface area contributed by atoms with Crippen LogP contribution in [0.5, 0.6) is 11.5 Å². The van der Waals surface area contributed by atoms with Gasteiger partial charge in [0.15, 0.2) is 17.3 Å². The van der Waals surface area contributed by atoms with Gasteiger partial charge in [-0.2, -0.15) is 5.10 Å². The number of aromatic nitrogens is 4. The third-order valence-corrected chi connectivity index (χ3v) is 6.84. The van der Waals surface area contributed by atoms with E-state index in [4.69, 9.17) is 4.74 Å². The van der Waals surface area contributed by atoms with Crippen molar-refractivity contribution < 1.29 is 18.3 Å². The van der Waals surface area contributed by atoms with Crippen molar-refractivity contribution in [3.63, 3.8) is 0 Å². The van der Waals surface area contributed by atoms with Crippen LogP contribution in [-0.4, -0.2) is 24.9 Å². The molecule has 0 unspecified atom stereocenters. The molecule has 0 aliphatic rings. The van der Waals surface area contributed by atoms with Crippen LogP contribution in [0.1, 0.15) is 16.1 Å². The highest BCUT2D eigenvalue weighted by atomic mass is 19.1. The number of hydrogen-bond donors (Lipinski definition) is 1. The lowest BCUT2D eigenvalue weighted by Gasteiger charge is -2.11. The van der Waals surface area contributed by atoms with E-state index in [1.54, 1.807) is 77.9 Å². The number of anilines is 1. The van der Waals surface area contributed by atoms with Gasteiger partial charge in [-0.25, -0.2) is 18.0 Å². The Morgan fingerprint density at radius 1 is 0.927 bits per heavy atom. The molecule has 3 heterocycles. The second-order valence-electron chi connectivity index (χ2n) is 9.37. The normalized spacial score (nSPS) is 11.1. The van der Waals surface area contributed by atoms with Crippen molar-refractivity contribution in [2.24, 2.45) is 7.05 Å². The SMILES string of the molecule is Cc1c(C(=O)Nc2ccc(Oc3ccnn4ccc(-c5cccc(F)c5)c34)c(F)c2)c(=O)n(-c2ccccc2)n1C. The highest BCUT2D eigenvalue weighted by Crippen LogP contribution is 2.35. The number of nitrogens with one attached hydrogen (secondary N) is 1. The van der Waals surface area contributed by atoms with Crippen molar-refractivity contribution in [1.82, 2.24) is 19.0 Å². The lowest BCUT2D eigenvalue weighted by atomic mass is 10.1. The number of rotatable bonds is 6. The zero-order valence-electron chi connectivity index (χ0n) is 22.0. The summed E-state index contributed by atoms with van der Waals surface area (Å²) in [7, 11) is 1.69. The van der Waals surface area contributed by atoms with Gasteiger partial charge in [0.05, 0.1) is 17.6 Å². The molecule has 0 saturated heterocycles. The highest BCUT2D eigenvalue weighted by Gasteiger charge is 2.23. The van der Waals surface area contributed by atoms with Crippen LogP contribution < -0.4 is 15.6 Å². The van der Waals surface area contributed by atoms with Crippen molar-refractivity contribution in [1.29, 1.82) is 0 Å². The van der Waals surface area contributed by atoms with Gasteiger partial charge >= 0.3 is 0 Å². The van der Waals surface area contributed by atoms with E-state index in [2.05, 4.69) is 10.4 Å². The Labute approximate surface area is 232 Å². The van der Waals surface area contributed by atoms with E-state index in [0.29, 0.717) is 33.8 Å². The maximum atomic E-state index is 15.2. The Bertz CT molecular complexity index is 1990. The zero-order chi connectivity index (χ0) is 28.7. The molecule has 0 fully saturated rings. The Kier molecular flexibility index (Phi) is 6.43. The van der Waals surface area contributed by atoms with Crippen LogP contribution in [-0.2, 0) is 7.05 Å². The van der Waals surface area contributed by atoms with Crippen LogP contribution in [0, 0.1) is 18.6 Å². The Hall–Kier alpha value is -5.51. The molecule has 6 aromatic rings. The van der Waals surface area contributed by atoms with Crippen molar-refractivity contribution in [2.75, 3.05) is 5.32 Å². The number of carbonyl (C=O) groups excluding carboxylic acids is 1. The quantitative estimate of drug-likeness (QED) is 0.270. The van der Waals surface area contributed by atoms with Gasteiger partial charge in [-0.15, -0.1) is 0 Å². The second-order valence-corrected chi connectivity index (χ2v) is 9.37. The predicted octanol–water partition coefficient (Wildman–Crippen LogP) is 6.12. The molecule has 0 saturated carbocycles. The smallest absolute Gasteiger partial charge is 0.284 e. The van der Waals surface area contributed by atoms with Crippen LogP contribution in [0.15, 0.2) is 102 Å². The fourth-order valence-corrected chi connectivity index (χ4v) is 4.79. The van der Waals surface area contributed by atoms with Gasteiger partial charge in [-0.3, -0.25) is 14.3 Å². The first-order valence-corrected chi connectivity index (χ1v) is 12.7. The molecule has 3 aromatic carbocycles. The van der Waals surface area contributed by atoms with E-state index in [1.807, 2.05) is 6.07 Å². The number of nitrogens with zero attached hydrogens (tertiary/aromatic N) is 4. The summed E-state index contributed by atoms with van der Waals surface area (Å²) in [5.74, 6) is -1.56.